The summed E-state index contributed by atoms with van der Waals surface area (Å²) in [6, 6.07) is 72.4. The molecule has 2 aliphatic rings. The maximum absolute atomic E-state index is 2.57. The Morgan fingerprint density at radius 3 is 1.95 bits per heavy atom. The Bertz CT molecular complexity index is 3390. The van der Waals surface area contributed by atoms with Gasteiger partial charge in [0, 0.05) is 47.8 Å². The fourth-order valence-corrected chi connectivity index (χ4v) is 11.8. The first-order valence-electron chi connectivity index (χ1n) is 21.4. The molecular formula is C58H44N2S. The van der Waals surface area contributed by atoms with E-state index in [-0.39, 0.29) is 10.8 Å². The molecule has 1 aliphatic heterocycles. The van der Waals surface area contributed by atoms with E-state index in [0.29, 0.717) is 0 Å². The van der Waals surface area contributed by atoms with Crippen molar-refractivity contribution in [1.29, 1.82) is 0 Å². The van der Waals surface area contributed by atoms with E-state index in [0.717, 1.165) is 22.7 Å². The molecule has 2 nitrogen and oxygen atoms in total. The summed E-state index contributed by atoms with van der Waals surface area (Å²) in [4.78, 5) is 5.06. The fourth-order valence-electron chi connectivity index (χ4n) is 10.6. The average molecular weight is 801 g/mol. The van der Waals surface area contributed by atoms with Crippen LogP contribution in [0, 0.1) is 0 Å². The van der Waals surface area contributed by atoms with Crippen LogP contribution in [0.3, 0.4) is 0 Å². The van der Waals surface area contributed by atoms with Gasteiger partial charge in [0.15, 0.2) is 0 Å². The maximum atomic E-state index is 2.57. The number of thiophene rings is 1. The average Bonchev–Trinajstić information content (AvgIpc) is 3.79. The molecule has 12 rings (SSSR count). The topological polar surface area (TPSA) is 6.48 Å². The number of nitrogens with zero attached hydrogens (tertiary/aromatic N) is 2. The zero-order chi connectivity index (χ0) is 41.0. The lowest BCUT2D eigenvalue weighted by Crippen LogP contribution is -2.31. The summed E-state index contributed by atoms with van der Waals surface area (Å²) in [5.41, 5.74) is 17.1. The fraction of sp³-hybridized carbons (Fsp3) is 0.103. The largest absolute Gasteiger partial charge is 0.308 e. The lowest BCUT2D eigenvalue weighted by atomic mass is 9.72. The van der Waals surface area contributed by atoms with Gasteiger partial charge in [-0.05, 0) is 104 Å². The Labute approximate surface area is 361 Å². The van der Waals surface area contributed by atoms with E-state index in [1.54, 1.807) is 0 Å². The molecule has 1 aliphatic carbocycles. The second-order valence-corrected chi connectivity index (χ2v) is 18.8. The minimum absolute atomic E-state index is 0.134. The van der Waals surface area contributed by atoms with Crippen LogP contribution in [0.5, 0.6) is 0 Å². The van der Waals surface area contributed by atoms with E-state index < -0.39 is 0 Å². The Balaban J connectivity index is 1.12. The third kappa shape index (κ3) is 5.27. The minimum atomic E-state index is -0.267. The molecule has 2 heterocycles. The van der Waals surface area contributed by atoms with Crippen molar-refractivity contribution in [3.63, 3.8) is 0 Å². The van der Waals surface area contributed by atoms with Crippen molar-refractivity contribution in [1.82, 2.24) is 0 Å². The number of fused-ring (bicyclic) bond motifs is 9. The molecule has 9 aromatic carbocycles. The van der Waals surface area contributed by atoms with Crippen LogP contribution in [0.2, 0.25) is 0 Å². The molecule has 3 heteroatoms. The molecule has 1 aromatic heterocycles. The van der Waals surface area contributed by atoms with Crippen LogP contribution in [0.1, 0.15) is 49.9 Å². The molecule has 0 bridgehead atoms. The van der Waals surface area contributed by atoms with Gasteiger partial charge in [0.05, 0.1) is 22.7 Å². The van der Waals surface area contributed by atoms with E-state index >= 15 is 0 Å². The zero-order valence-corrected chi connectivity index (χ0v) is 35.6. The molecule has 0 saturated carbocycles. The van der Waals surface area contributed by atoms with E-state index in [2.05, 4.69) is 232 Å². The van der Waals surface area contributed by atoms with Crippen molar-refractivity contribution in [3.8, 4) is 22.3 Å². The van der Waals surface area contributed by atoms with Crippen LogP contribution in [-0.2, 0) is 10.8 Å². The van der Waals surface area contributed by atoms with Crippen molar-refractivity contribution < 1.29 is 0 Å². The standard InChI is InChI=1S/C58H44N2S/c1-57(2)47-25-12-10-21-43(47)44-32-31-40(36-49(44)57)59(39-18-6-5-7-19-39)53-34-29-37-17-8-9-20-41(37)55(53)60-51-27-14-13-26-48(51)58(3,4)50-35-38(30-33-52(50)60)42-23-16-24-46-45-22-11-15-28-54(45)61-56(42)46/h5-36H,1-4H3. The molecule has 0 radical (unpaired) electrons. The van der Waals surface area contributed by atoms with Gasteiger partial charge < -0.3 is 9.80 Å². The number of para-hydroxylation sites is 2. The SMILES string of the molecule is CC1(C)c2ccccc2-c2ccc(N(c3ccccc3)c3ccc4ccccc4c3N3c4ccccc4C(C)(C)c4cc(-c5cccc6c5sc5ccccc56)ccc43)cc21. The van der Waals surface area contributed by atoms with Crippen molar-refractivity contribution >= 4 is 76.4 Å². The first-order chi connectivity index (χ1) is 29.8. The lowest BCUT2D eigenvalue weighted by Gasteiger charge is -2.44. The van der Waals surface area contributed by atoms with E-state index in [4.69, 9.17) is 0 Å². The van der Waals surface area contributed by atoms with Crippen molar-refractivity contribution in [2.75, 3.05) is 9.80 Å². The summed E-state index contributed by atoms with van der Waals surface area (Å²) in [7, 11) is 0. The quantitative estimate of drug-likeness (QED) is 0.171. The van der Waals surface area contributed by atoms with Gasteiger partial charge >= 0.3 is 0 Å². The number of rotatable bonds is 5. The number of anilines is 6. The molecule has 0 N–H and O–H groups in total. The molecule has 61 heavy (non-hydrogen) atoms. The van der Waals surface area contributed by atoms with Crippen LogP contribution in [0.25, 0.3) is 53.2 Å². The highest BCUT2D eigenvalue weighted by molar-refractivity contribution is 7.26. The van der Waals surface area contributed by atoms with Crippen LogP contribution < -0.4 is 9.80 Å². The molecule has 0 saturated heterocycles. The van der Waals surface area contributed by atoms with Gasteiger partial charge in [-0.3, -0.25) is 0 Å². The van der Waals surface area contributed by atoms with E-state index in [9.17, 15) is 0 Å². The molecular weight excluding hydrogens is 757 g/mol. The van der Waals surface area contributed by atoms with Crippen LogP contribution in [-0.4, -0.2) is 0 Å². The van der Waals surface area contributed by atoms with Crippen molar-refractivity contribution in [2.45, 2.75) is 38.5 Å². The second kappa shape index (κ2) is 13.3. The molecule has 0 atom stereocenters. The monoisotopic (exact) mass is 800 g/mol. The highest BCUT2D eigenvalue weighted by Gasteiger charge is 2.40. The summed E-state index contributed by atoms with van der Waals surface area (Å²) in [5, 5.41) is 5.05. The maximum Gasteiger partial charge on any atom is 0.0781 e. The third-order valence-corrected chi connectivity index (χ3v) is 14.8. The van der Waals surface area contributed by atoms with Crippen molar-refractivity contribution in [3.05, 3.63) is 216 Å². The molecule has 10 aromatic rings. The first-order valence-corrected chi connectivity index (χ1v) is 22.2. The summed E-state index contributed by atoms with van der Waals surface area (Å²) < 4.78 is 2.66. The number of hydrogen-bond acceptors (Lipinski definition) is 3. The van der Waals surface area contributed by atoms with Gasteiger partial charge in [-0.1, -0.05) is 167 Å². The van der Waals surface area contributed by atoms with Crippen molar-refractivity contribution in [2.24, 2.45) is 0 Å². The van der Waals surface area contributed by atoms with E-state index in [1.807, 2.05) is 11.3 Å². The Morgan fingerprint density at radius 1 is 0.426 bits per heavy atom. The predicted molar refractivity (Wildman–Crippen MR) is 261 cm³/mol. The van der Waals surface area contributed by atoms with Crippen LogP contribution in [0.15, 0.2) is 194 Å². The molecule has 292 valence electrons. The summed E-state index contributed by atoms with van der Waals surface area (Å²) >= 11 is 1.90. The Hall–Kier alpha value is -6.94. The molecule has 0 spiro atoms. The van der Waals surface area contributed by atoms with E-state index in [1.165, 1.54) is 86.8 Å². The summed E-state index contributed by atoms with van der Waals surface area (Å²) in [6.07, 6.45) is 0. The van der Waals surface area contributed by atoms with Gasteiger partial charge in [-0.25, -0.2) is 0 Å². The highest BCUT2D eigenvalue weighted by Crippen LogP contribution is 2.58. The van der Waals surface area contributed by atoms with Gasteiger partial charge in [0.1, 0.15) is 0 Å². The first kappa shape index (κ1) is 36.0. The van der Waals surface area contributed by atoms with Gasteiger partial charge in [-0.15, -0.1) is 11.3 Å². The van der Waals surface area contributed by atoms with Crippen LogP contribution >= 0.6 is 11.3 Å². The minimum Gasteiger partial charge on any atom is -0.308 e. The smallest absolute Gasteiger partial charge is 0.0781 e. The molecule has 0 fully saturated rings. The lowest BCUT2D eigenvalue weighted by molar-refractivity contribution is 0.632. The predicted octanol–water partition coefficient (Wildman–Crippen LogP) is 16.8. The number of hydrogen-bond donors (Lipinski definition) is 0. The number of benzene rings is 9. The molecule has 0 amide bonds. The normalized spacial score (nSPS) is 14.5. The molecule has 0 unspecified atom stereocenters. The third-order valence-electron chi connectivity index (χ3n) is 13.6. The van der Waals surface area contributed by atoms with Gasteiger partial charge in [0.25, 0.3) is 0 Å². The van der Waals surface area contributed by atoms with Gasteiger partial charge in [0.2, 0.25) is 0 Å². The zero-order valence-electron chi connectivity index (χ0n) is 34.8. The second-order valence-electron chi connectivity index (χ2n) is 17.7. The Morgan fingerprint density at radius 2 is 1.08 bits per heavy atom. The van der Waals surface area contributed by atoms with Gasteiger partial charge in [-0.2, -0.15) is 0 Å². The highest BCUT2D eigenvalue weighted by atomic mass is 32.1. The summed E-state index contributed by atoms with van der Waals surface area (Å²) in [5.74, 6) is 0. The summed E-state index contributed by atoms with van der Waals surface area (Å²) in [6.45, 7) is 9.54. The Kier molecular flexibility index (Phi) is 7.83. The van der Waals surface area contributed by atoms with Crippen LogP contribution in [0.4, 0.5) is 34.1 Å².